The van der Waals surface area contributed by atoms with Crippen molar-refractivity contribution in [3.8, 4) is 23.0 Å². The van der Waals surface area contributed by atoms with E-state index in [1.165, 1.54) is 25.3 Å². The molecule has 1 aliphatic heterocycles. The number of carboxylic acids is 1. The second-order valence-corrected chi connectivity index (χ2v) is 5.37. The van der Waals surface area contributed by atoms with E-state index < -0.39 is 23.8 Å². The molecule has 0 bridgehead atoms. The Balaban J connectivity index is 2.06. The van der Waals surface area contributed by atoms with Crippen molar-refractivity contribution in [2.45, 2.75) is 12.3 Å². The highest BCUT2D eigenvalue weighted by Crippen LogP contribution is 2.43. The molecule has 0 aliphatic carbocycles. The Morgan fingerprint density at radius 1 is 1.08 bits per heavy atom. The molecule has 3 rings (SSSR count). The van der Waals surface area contributed by atoms with Gasteiger partial charge >= 0.3 is 12.1 Å². The third-order valence-corrected chi connectivity index (χ3v) is 3.69. The molecule has 0 radical (unpaired) electrons. The number of halogens is 3. The van der Waals surface area contributed by atoms with Gasteiger partial charge in [0.25, 0.3) is 0 Å². The van der Waals surface area contributed by atoms with E-state index in [-0.39, 0.29) is 17.1 Å². The average molecular weight is 366 g/mol. The van der Waals surface area contributed by atoms with Crippen LogP contribution in [0.25, 0.3) is 6.08 Å². The van der Waals surface area contributed by atoms with Crippen LogP contribution < -0.4 is 14.2 Å². The van der Waals surface area contributed by atoms with Gasteiger partial charge in [-0.15, -0.1) is 0 Å². The summed E-state index contributed by atoms with van der Waals surface area (Å²) in [5.41, 5.74) is -0.808. The van der Waals surface area contributed by atoms with E-state index in [0.717, 1.165) is 6.08 Å². The van der Waals surface area contributed by atoms with Gasteiger partial charge in [0.05, 0.1) is 18.2 Å². The van der Waals surface area contributed by atoms with E-state index in [0.29, 0.717) is 11.5 Å². The summed E-state index contributed by atoms with van der Waals surface area (Å²) in [6.07, 6.45) is -6.49. The predicted octanol–water partition coefficient (Wildman–Crippen LogP) is 4.28. The van der Waals surface area contributed by atoms with Crippen molar-refractivity contribution in [1.29, 1.82) is 0 Å². The SMILES string of the molecule is COc1ccccc1Oc1cccc2c1C=C(C(=O)O)C(C(F)(F)F)O2. The van der Waals surface area contributed by atoms with Gasteiger partial charge in [0.1, 0.15) is 11.5 Å². The summed E-state index contributed by atoms with van der Waals surface area (Å²) in [6.45, 7) is 0. The van der Waals surface area contributed by atoms with Crippen LogP contribution in [0.5, 0.6) is 23.0 Å². The molecule has 2 aromatic rings. The fourth-order valence-corrected chi connectivity index (χ4v) is 2.52. The Hall–Kier alpha value is -3.16. The highest BCUT2D eigenvalue weighted by Gasteiger charge is 2.48. The number of fused-ring (bicyclic) bond motifs is 1. The van der Waals surface area contributed by atoms with Crippen molar-refractivity contribution >= 4 is 12.0 Å². The molecule has 0 saturated heterocycles. The van der Waals surface area contributed by atoms with Gasteiger partial charge in [0, 0.05) is 0 Å². The monoisotopic (exact) mass is 366 g/mol. The molecule has 136 valence electrons. The van der Waals surface area contributed by atoms with Gasteiger partial charge in [-0.25, -0.2) is 4.79 Å². The fraction of sp³-hybridized carbons (Fsp3) is 0.167. The Kier molecular flexibility index (Phi) is 4.50. The number of alkyl halides is 3. The van der Waals surface area contributed by atoms with E-state index in [4.69, 9.17) is 19.3 Å². The van der Waals surface area contributed by atoms with Crippen LogP contribution in [-0.2, 0) is 4.79 Å². The standard InChI is InChI=1S/C18H13F3O5/c1-24-14-5-2-3-6-15(14)25-12-7-4-8-13-10(12)9-11(17(22)23)16(26-13)18(19,20)21/h2-9,16H,1H3,(H,22,23). The van der Waals surface area contributed by atoms with Gasteiger partial charge in [0.2, 0.25) is 6.10 Å². The van der Waals surface area contributed by atoms with E-state index >= 15 is 0 Å². The first-order chi connectivity index (χ1) is 12.3. The number of hydrogen-bond acceptors (Lipinski definition) is 4. The zero-order valence-corrected chi connectivity index (χ0v) is 13.4. The number of rotatable bonds is 4. The van der Waals surface area contributed by atoms with Crippen LogP contribution in [0.2, 0.25) is 0 Å². The zero-order chi connectivity index (χ0) is 18.9. The van der Waals surface area contributed by atoms with Crippen LogP contribution >= 0.6 is 0 Å². The van der Waals surface area contributed by atoms with Crippen molar-refractivity contribution in [1.82, 2.24) is 0 Å². The minimum absolute atomic E-state index is 0.108. The Morgan fingerprint density at radius 2 is 1.73 bits per heavy atom. The van der Waals surface area contributed by atoms with Gasteiger partial charge in [-0.1, -0.05) is 18.2 Å². The van der Waals surface area contributed by atoms with Crippen LogP contribution in [0.1, 0.15) is 5.56 Å². The molecule has 1 aliphatic rings. The van der Waals surface area contributed by atoms with Gasteiger partial charge in [-0.05, 0) is 30.3 Å². The maximum absolute atomic E-state index is 13.1. The van der Waals surface area contributed by atoms with E-state index in [1.807, 2.05) is 0 Å². The highest BCUT2D eigenvalue weighted by molar-refractivity contribution is 5.95. The molecule has 1 heterocycles. The van der Waals surface area contributed by atoms with Crippen LogP contribution in [0.4, 0.5) is 13.2 Å². The van der Waals surface area contributed by atoms with Crippen LogP contribution in [-0.4, -0.2) is 30.5 Å². The van der Waals surface area contributed by atoms with Gasteiger partial charge < -0.3 is 19.3 Å². The Morgan fingerprint density at radius 3 is 2.35 bits per heavy atom. The normalized spacial score (nSPS) is 16.2. The van der Waals surface area contributed by atoms with Crippen LogP contribution in [0.15, 0.2) is 48.0 Å². The molecule has 1 atom stereocenters. The number of hydrogen-bond donors (Lipinski definition) is 1. The van der Waals surface area contributed by atoms with Crippen molar-refractivity contribution < 1.29 is 37.3 Å². The molecule has 0 aromatic heterocycles. The van der Waals surface area contributed by atoms with Gasteiger partial charge in [-0.2, -0.15) is 13.2 Å². The largest absolute Gasteiger partial charge is 0.493 e. The first kappa shape index (κ1) is 17.7. The third kappa shape index (κ3) is 3.30. The summed E-state index contributed by atoms with van der Waals surface area (Å²) in [5, 5.41) is 9.15. The molecule has 0 saturated carbocycles. The smallest absolute Gasteiger partial charge is 0.430 e. The Labute approximate surface area is 146 Å². The molecule has 0 spiro atoms. The lowest BCUT2D eigenvalue weighted by molar-refractivity contribution is -0.187. The van der Waals surface area contributed by atoms with E-state index in [9.17, 15) is 18.0 Å². The van der Waals surface area contributed by atoms with Crippen LogP contribution in [0, 0.1) is 0 Å². The summed E-state index contributed by atoms with van der Waals surface area (Å²) in [4.78, 5) is 11.3. The maximum Gasteiger partial charge on any atom is 0.430 e. The number of carboxylic acid groups (broad SMARTS) is 1. The van der Waals surface area contributed by atoms with Crippen molar-refractivity contribution in [3.05, 3.63) is 53.6 Å². The topological polar surface area (TPSA) is 65.0 Å². The average Bonchev–Trinajstić information content (AvgIpc) is 2.60. The summed E-state index contributed by atoms with van der Waals surface area (Å²) >= 11 is 0. The van der Waals surface area contributed by atoms with Crippen molar-refractivity contribution in [2.24, 2.45) is 0 Å². The predicted molar refractivity (Wildman–Crippen MR) is 85.6 cm³/mol. The van der Waals surface area contributed by atoms with E-state index in [1.54, 1.807) is 24.3 Å². The molecule has 2 aromatic carbocycles. The summed E-state index contributed by atoms with van der Waals surface area (Å²) in [5.74, 6) is -0.953. The van der Waals surface area contributed by atoms with E-state index in [2.05, 4.69) is 0 Å². The number of para-hydroxylation sites is 2. The molecule has 1 unspecified atom stereocenters. The summed E-state index contributed by atoms with van der Waals surface area (Å²) < 4.78 is 55.2. The Bertz CT molecular complexity index is 873. The molecule has 0 amide bonds. The van der Waals surface area contributed by atoms with Gasteiger partial charge in [0.15, 0.2) is 11.5 Å². The number of carbonyl (C=O) groups is 1. The maximum atomic E-state index is 13.1. The number of aliphatic carboxylic acids is 1. The first-order valence-corrected chi connectivity index (χ1v) is 7.43. The van der Waals surface area contributed by atoms with Crippen molar-refractivity contribution in [2.75, 3.05) is 7.11 Å². The molecule has 8 heteroatoms. The quantitative estimate of drug-likeness (QED) is 0.875. The summed E-state index contributed by atoms with van der Waals surface area (Å²) in [6, 6.07) is 11.0. The van der Waals surface area contributed by atoms with Gasteiger partial charge in [-0.3, -0.25) is 0 Å². The number of benzene rings is 2. The second kappa shape index (κ2) is 6.62. The lowest BCUT2D eigenvalue weighted by atomic mass is 10.0. The molecule has 5 nitrogen and oxygen atoms in total. The fourth-order valence-electron chi connectivity index (χ4n) is 2.52. The lowest BCUT2D eigenvalue weighted by Crippen LogP contribution is -2.40. The third-order valence-electron chi connectivity index (χ3n) is 3.69. The number of methoxy groups -OCH3 is 1. The number of ether oxygens (including phenoxy) is 3. The molecule has 0 fully saturated rings. The van der Waals surface area contributed by atoms with Crippen LogP contribution in [0.3, 0.4) is 0 Å². The first-order valence-electron chi connectivity index (χ1n) is 7.43. The molecular formula is C18H13F3O5. The lowest BCUT2D eigenvalue weighted by Gasteiger charge is -2.27. The highest BCUT2D eigenvalue weighted by atomic mass is 19.4. The zero-order valence-electron chi connectivity index (χ0n) is 13.4. The molecule has 26 heavy (non-hydrogen) atoms. The minimum Gasteiger partial charge on any atom is -0.493 e. The summed E-state index contributed by atoms with van der Waals surface area (Å²) in [7, 11) is 1.45. The molecular weight excluding hydrogens is 353 g/mol. The molecule has 1 N–H and O–H groups in total. The van der Waals surface area contributed by atoms with Crippen molar-refractivity contribution in [3.63, 3.8) is 0 Å². The minimum atomic E-state index is -4.86. The second-order valence-electron chi connectivity index (χ2n) is 5.37.